The number of nitrogens with one attached hydrogen (secondary N) is 1. The van der Waals surface area contributed by atoms with Crippen LogP contribution in [0.5, 0.6) is 11.5 Å². The summed E-state index contributed by atoms with van der Waals surface area (Å²) in [4.78, 5) is 14.9. The number of methoxy groups -OCH3 is 1. The van der Waals surface area contributed by atoms with Gasteiger partial charge >= 0.3 is 0 Å². The monoisotopic (exact) mass is 387 g/mol. The molecule has 3 rings (SSSR count). The van der Waals surface area contributed by atoms with Gasteiger partial charge in [0.2, 0.25) is 0 Å². The van der Waals surface area contributed by atoms with Gasteiger partial charge in [-0.25, -0.2) is 0 Å². The number of piperidine rings is 1. The third-order valence-corrected chi connectivity index (χ3v) is 4.93. The molecule has 152 valence electrons. The fourth-order valence-electron chi connectivity index (χ4n) is 3.27. The number of aryl methyl sites for hydroxylation is 1. The average Bonchev–Trinajstić information content (AvgIpc) is 3.21. The Kier molecular flexibility index (Phi) is 7.31. The van der Waals surface area contributed by atoms with Crippen molar-refractivity contribution in [3.05, 3.63) is 41.3 Å². The third-order valence-electron chi connectivity index (χ3n) is 4.93. The van der Waals surface area contributed by atoms with E-state index in [4.69, 9.17) is 14.0 Å². The smallest absolute Gasteiger partial charge is 0.251 e. The summed E-state index contributed by atoms with van der Waals surface area (Å²) in [7, 11) is 1.60. The highest BCUT2D eigenvalue weighted by atomic mass is 16.5. The molecule has 7 nitrogen and oxygen atoms in total. The molecule has 1 amide bonds. The van der Waals surface area contributed by atoms with Gasteiger partial charge in [0.15, 0.2) is 17.3 Å². The van der Waals surface area contributed by atoms with E-state index in [2.05, 4.69) is 15.4 Å². The summed E-state index contributed by atoms with van der Waals surface area (Å²) < 4.78 is 16.5. The van der Waals surface area contributed by atoms with E-state index in [0.29, 0.717) is 36.0 Å². The first-order chi connectivity index (χ1) is 13.7. The minimum absolute atomic E-state index is 0.196. The molecule has 28 heavy (non-hydrogen) atoms. The van der Waals surface area contributed by atoms with Crippen LogP contribution in [0.3, 0.4) is 0 Å². The lowest BCUT2D eigenvalue weighted by Gasteiger charge is -2.26. The van der Waals surface area contributed by atoms with Crippen LogP contribution in [0.25, 0.3) is 0 Å². The van der Waals surface area contributed by atoms with Crippen LogP contribution < -0.4 is 14.8 Å². The minimum atomic E-state index is -0.196. The third kappa shape index (κ3) is 5.48. The molecule has 1 fully saturated rings. The summed E-state index contributed by atoms with van der Waals surface area (Å²) in [5, 5.41) is 6.78. The van der Waals surface area contributed by atoms with Crippen molar-refractivity contribution < 1.29 is 18.8 Å². The van der Waals surface area contributed by atoms with Crippen molar-refractivity contribution in [3.8, 4) is 11.5 Å². The first-order valence-corrected chi connectivity index (χ1v) is 9.95. The van der Waals surface area contributed by atoms with E-state index in [1.54, 1.807) is 25.3 Å². The van der Waals surface area contributed by atoms with E-state index in [0.717, 1.165) is 31.7 Å². The molecule has 2 heterocycles. The summed E-state index contributed by atoms with van der Waals surface area (Å²) in [6.45, 7) is 6.01. The Morgan fingerprint density at radius 3 is 2.75 bits per heavy atom. The van der Waals surface area contributed by atoms with Gasteiger partial charge in [0.25, 0.3) is 5.91 Å². The predicted molar refractivity (Wildman–Crippen MR) is 106 cm³/mol. The number of hydrogen-bond donors (Lipinski definition) is 1. The number of carbonyl (C=O) groups excluding carboxylic acids is 1. The van der Waals surface area contributed by atoms with Crippen molar-refractivity contribution in [1.82, 2.24) is 15.4 Å². The second kappa shape index (κ2) is 10.1. The van der Waals surface area contributed by atoms with Gasteiger partial charge in [-0.3, -0.25) is 9.69 Å². The number of ether oxygens (including phenoxy) is 2. The lowest BCUT2D eigenvalue weighted by Crippen LogP contribution is -2.33. The molecule has 0 unspecified atom stereocenters. The standard InChI is InChI=1S/C21H29N3O4/c1-3-17-14-18(28-23-17)15-22-21(25)16-7-8-19(26-2)20(13-16)27-12-11-24-9-5-4-6-10-24/h7-8,13-14H,3-6,9-12,15H2,1-2H3,(H,22,25). The second-order valence-electron chi connectivity index (χ2n) is 6.94. The van der Waals surface area contributed by atoms with Gasteiger partial charge in [-0.2, -0.15) is 0 Å². The fraction of sp³-hybridized carbons (Fsp3) is 0.524. The minimum Gasteiger partial charge on any atom is -0.493 e. The molecule has 0 aliphatic carbocycles. The maximum absolute atomic E-state index is 12.5. The maximum atomic E-state index is 12.5. The lowest BCUT2D eigenvalue weighted by atomic mass is 10.1. The maximum Gasteiger partial charge on any atom is 0.251 e. The number of rotatable bonds is 9. The van der Waals surface area contributed by atoms with Gasteiger partial charge in [0.05, 0.1) is 19.3 Å². The molecule has 0 atom stereocenters. The molecular weight excluding hydrogens is 358 g/mol. The van der Waals surface area contributed by atoms with Crippen LogP contribution in [0.2, 0.25) is 0 Å². The van der Waals surface area contributed by atoms with Crippen LogP contribution in [-0.4, -0.2) is 49.3 Å². The van der Waals surface area contributed by atoms with Crippen LogP contribution in [0.4, 0.5) is 0 Å². The van der Waals surface area contributed by atoms with E-state index in [9.17, 15) is 4.79 Å². The molecule has 0 saturated carbocycles. The Labute approximate surface area is 166 Å². The number of nitrogens with zero attached hydrogens (tertiary/aromatic N) is 2. The molecule has 1 aromatic carbocycles. The quantitative estimate of drug-likeness (QED) is 0.713. The molecule has 1 aliphatic rings. The van der Waals surface area contributed by atoms with Gasteiger partial charge < -0.3 is 19.3 Å². The molecule has 1 N–H and O–H groups in total. The van der Waals surface area contributed by atoms with Gasteiger partial charge in [0.1, 0.15) is 6.61 Å². The molecule has 0 bridgehead atoms. The van der Waals surface area contributed by atoms with E-state index in [1.165, 1.54) is 19.3 Å². The molecular formula is C21H29N3O4. The van der Waals surface area contributed by atoms with Gasteiger partial charge in [-0.1, -0.05) is 18.5 Å². The Morgan fingerprint density at radius 2 is 2.04 bits per heavy atom. The van der Waals surface area contributed by atoms with Crippen LogP contribution in [0.1, 0.15) is 48.0 Å². The average molecular weight is 387 g/mol. The predicted octanol–water partition coefficient (Wildman–Crippen LogP) is 3.04. The van der Waals surface area contributed by atoms with E-state index in [1.807, 2.05) is 13.0 Å². The fourth-order valence-corrected chi connectivity index (χ4v) is 3.27. The van der Waals surface area contributed by atoms with Crippen LogP contribution >= 0.6 is 0 Å². The highest BCUT2D eigenvalue weighted by Gasteiger charge is 2.14. The van der Waals surface area contributed by atoms with Crippen LogP contribution in [-0.2, 0) is 13.0 Å². The van der Waals surface area contributed by atoms with Crippen molar-refractivity contribution in [3.63, 3.8) is 0 Å². The summed E-state index contributed by atoms with van der Waals surface area (Å²) in [5.41, 5.74) is 1.39. The summed E-state index contributed by atoms with van der Waals surface area (Å²) in [6, 6.07) is 7.06. The van der Waals surface area contributed by atoms with E-state index >= 15 is 0 Å². The van der Waals surface area contributed by atoms with Crippen molar-refractivity contribution in [2.45, 2.75) is 39.2 Å². The Balaban J connectivity index is 1.56. The van der Waals surface area contributed by atoms with Crippen molar-refractivity contribution in [2.24, 2.45) is 0 Å². The molecule has 1 aliphatic heterocycles. The highest BCUT2D eigenvalue weighted by Crippen LogP contribution is 2.28. The Bertz CT molecular complexity index is 769. The zero-order chi connectivity index (χ0) is 19.8. The Hall–Kier alpha value is -2.54. The zero-order valence-corrected chi connectivity index (χ0v) is 16.7. The highest BCUT2D eigenvalue weighted by molar-refractivity contribution is 5.94. The van der Waals surface area contributed by atoms with Crippen molar-refractivity contribution in [1.29, 1.82) is 0 Å². The molecule has 1 saturated heterocycles. The number of benzene rings is 1. The number of likely N-dealkylation sites (tertiary alicyclic amines) is 1. The van der Waals surface area contributed by atoms with Crippen LogP contribution in [0, 0.1) is 0 Å². The summed E-state index contributed by atoms with van der Waals surface area (Å²) >= 11 is 0. The molecule has 0 spiro atoms. The van der Waals surface area contributed by atoms with E-state index < -0.39 is 0 Å². The van der Waals surface area contributed by atoms with Gasteiger partial charge in [-0.05, 0) is 50.6 Å². The van der Waals surface area contributed by atoms with Gasteiger partial charge in [0, 0.05) is 18.2 Å². The second-order valence-corrected chi connectivity index (χ2v) is 6.94. The SMILES string of the molecule is CCc1cc(CNC(=O)c2ccc(OC)c(OCCN3CCCCC3)c2)on1. The number of amides is 1. The summed E-state index contributed by atoms with van der Waals surface area (Å²) in [6.07, 6.45) is 4.62. The van der Waals surface area contributed by atoms with E-state index in [-0.39, 0.29) is 5.91 Å². The lowest BCUT2D eigenvalue weighted by molar-refractivity contribution is 0.0946. The first-order valence-electron chi connectivity index (χ1n) is 9.95. The number of hydrogen-bond acceptors (Lipinski definition) is 6. The number of carbonyl (C=O) groups is 1. The topological polar surface area (TPSA) is 76.8 Å². The number of aromatic nitrogens is 1. The molecule has 1 aromatic heterocycles. The molecule has 0 radical (unpaired) electrons. The van der Waals surface area contributed by atoms with Crippen molar-refractivity contribution >= 4 is 5.91 Å². The van der Waals surface area contributed by atoms with Gasteiger partial charge in [-0.15, -0.1) is 0 Å². The van der Waals surface area contributed by atoms with Crippen molar-refractivity contribution in [2.75, 3.05) is 33.4 Å². The molecule has 2 aromatic rings. The molecule has 7 heteroatoms. The largest absolute Gasteiger partial charge is 0.493 e. The normalized spacial score (nSPS) is 14.6. The Morgan fingerprint density at radius 1 is 1.21 bits per heavy atom. The summed E-state index contributed by atoms with van der Waals surface area (Å²) in [5.74, 6) is 1.65. The zero-order valence-electron chi connectivity index (χ0n) is 16.7. The first kappa shape index (κ1) is 20.2. The van der Waals surface area contributed by atoms with Crippen LogP contribution in [0.15, 0.2) is 28.8 Å².